The van der Waals surface area contributed by atoms with Crippen LogP contribution in [0.4, 0.5) is 22.3 Å². The van der Waals surface area contributed by atoms with E-state index >= 15 is 0 Å². The molecular formula is C8H8N4OS3. The first-order valence-electron chi connectivity index (χ1n) is 4.70. The summed E-state index contributed by atoms with van der Waals surface area (Å²) >= 11 is 5.28. The summed E-state index contributed by atoms with van der Waals surface area (Å²) in [5.74, 6) is 1.37. The Morgan fingerprint density at radius 3 is 2.94 bits per heavy atom. The second-order valence-corrected chi connectivity index (χ2v) is 6.45. The molecule has 1 aliphatic rings. The molecule has 0 aliphatic carbocycles. The van der Waals surface area contributed by atoms with Crippen LogP contribution in [0.1, 0.15) is 13.8 Å². The van der Waals surface area contributed by atoms with E-state index in [1.54, 1.807) is 20.7 Å². The van der Waals surface area contributed by atoms with Gasteiger partial charge in [-0.05, 0) is 24.2 Å². The minimum Gasteiger partial charge on any atom is -0.330 e. The zero-order chi connectivity index (χ0) is 11.3. The number of nitrogens with zero attached hydrogens (tertiary/aromatic N) is 3. The normalized spacial score (nSPS) is 13.6. The number of rotatable bonds is 1. The molecule has 8 heteroatoms. The maximum absolute atomic E-state index is 5.28. The van der Waals surface area contributed by atoms with Crippen LogP contribution in [0, 0.1) is 3.82 Å². The third kappa shape index (κ3) is 1.30. The molecule has 0 atom stereocenters. The molecule has 2 aromatic heterocycles. The molecule has 0 saturated heterocycles. The molecule has 0 radical (unpaired) electrons. The zero-order valence-corrected chi connectivity index (χ0v) is 11.0. The van der Waals surface area contributed by atoms with Gasteiger partial charge in [0.15, 0.2) is 0 Å². The van der Waals surface area contributed by atoms with E-state index in [4.69, 9.17) is 16.8 Å². The first-order chi connectivity index (χ1) is 7.68. The first-order valence-corrected chi connectivity index (χ1v) is 7.26. The van der Waals surface area contributed by atoms with Crippen molar-refractivity contribution in [2.75, 3.05) is 10.2 Å². The van der Waals surface area contributed by atoms with Crippen molar-refractivity contribution < 1.29 is 4.63 Å². The minimum atomic E-state index is 0.284. The summed E-state index contributed by atoms with van der Waals surface area (Å²) < 4.78 is 5.60. The van der Waals surface area contributed by atoms with Crippen molar-refractivity contribution in [3.05, 3.63) is 3.82 Å². The molecule has 0 unspecified atom stereocenters. The number of nitrogens with one attached hydrogen (secondary N) is 1. The van der Waals surface area contributed by atoms with Gasteiger partial charge in [0.2, 0.25) is 11.6 Å². The molecule has 0 saturated carbocycles. The Hall–Kier alpha value is -0.990. The third-order valence-corrected chi connectivity index (χ3v) is 5.28. The highest BCUT2D eigenvalue weighted by Crippen LogP contribution is 2.48. The predicted molar refractivity (Wildman–Crippen MR) is 67.9 cm³/mol. The molecule has 0 amide bonds. The van der Waals surface area contributed by atoms with Crippen molar-refractivity contribution in [1.82, 2.24) is 10.3 Å². The van der Waals surface area contributed by atoms with Gasteiger partial charge in [0.1, 0.15) is 14.5 Å². The van der Waals surface area contributed by atoms with E-state index in [2.05, 4.69) is 34.4 Å². The Morgan fingerprint density at radius 1 is 1.38 bits per heavy atom. The second-order valence-electron chi connectivity index (χ2n) is 3.66. The molecule has 1 aliphatic heterocycles. The summed E-state index contributed by atoms with van der Waals surface area (Å²) in [6, 6.07) is 0.284. The van der Waals surface area contributed by atoms with E-state index in [1.165, 1.54) is 0 Å². The molecule has 16 heavy (non-hydrogen) atoms. The van der Waals surface area contributed by atoms with Gasteiger partial charge in [-0.2, -0.15) is 0 Å². The first kappa shape index (κ1) is 10.2. The molecule has 1 N–H and O–H groups in total. The van der Waals surface area contributed by atoms with Crippen LogP contribution >= 0.6 is 32.9 Å². The highest BCUT2D eigenvalue weighted by Gasteiger charge is 2.31. The van der Waals surface area contributed by atoms with Gasteiger partial charge in [0, 0.05) is 6.04 Å². The standard InChI is InChI=1S/C8H8N4OS3/c1-3(2)12-6-5(10-13-11-6)9-4-7(12)15-16-8(4)14/h3H,1-2H3,(H,9,10). The lowest BCUT2D eigenvalue weighted by molar-refractivity contribution is 0.309. The number of hydrogen-bond donors (Lipinski definition) is 1. The van der Waals surface area contributed by atoms with E-state index in [0.29, 0.717) is 5.82 Å². The highest BCUT2D eigenvalue weighted by atomic mass is 32.9. The maximum Gasteiger partial charge on any atom is 0.223 e. The van der Waals surface area contributed by atoms with Crippen LogP contribution in [-0.4, -0.2) is 16.4 Å². The predicted octanol–water partition coefficient (Wildman–Crippen LogP) is 3.53. The van der Waals surface area contributed by atoms with Crippen LogP contribution in [0.2, 0.25) is 0 Å². The van der Waals surface area contributed by atoms with Crippen LogP contribution in [0.15, 0.2) is 4.63 Å². The Balaban J connectivity index is 2.24. The summed E-state index contributed by atoms with van der Waals surface area (Å²) in [6.45, 7) is 4.20. The van der Waals surface area contributed by atoms with Crippen LogP contribution in [-0.2, 0) is 0 Å². The molecule has 0 aromatic carbocycles. The molecule has 3 rings (SSSR count). The molecule has 0 fully saturated rings. The number of fused-ring (bicyclic) bond motifs is 2. The fraction of sp³-hybridized carbons (Fsp3) is 0.375. The topological polar surface area (TPSA) is 54.2 Å². The lowest BCUT2D eigenvalue weighted by atomic mass is 10.3. The summed E-state index contributed by atoms with van der Waals surface area (Å²) in [6.07, 6.45) is 0. The lowest BCUT2D eigenvalue weighted by Crippen LogP contribution is -2.28. The quantitative estimate of drug-likeness (QED) is 0.633. The monoisotopic (exact) mass is 272 g/mol. The van der Waals surface area contributed by atoms with Crippen LogP contribution < -0.4 is 10.2 Å². The second kappa shape index (κ2) is 3.51. The van der Waals surface area contributed by atoms with Crippen molar-refractivity contribution in [2.45, 2.75) is 19.9 Å². The van der Waals surface area contributed by atoms with Gasteiger partial charge >= 0.3 is 0 Å². The molecular weight excluding hydrogens is 264 g/mol. The Kier molecular flexibility index (Phi) is 2.23. The number of aromatic nitrogens is 2. The number of hydrogen-bond acceptors (Lipinski definition) is 8. The van der Waals surface area contributed by atoms with E-state index in [9.17, 15) is 0 Å². The Labute approximate surface area is 104 Å². The molecule has 2 aromatic rings. The molecule has 0 spiro atoms. The summed E-state index contributed by atoms with van der Waals surface area (Å²) in [5, 5.41) is 12.0. The van der Waals surface area contributed by atoms with Crippen LogP contribution in [0.5, 0.6) is 0 Å². The number of anilines is 4. The van der Waals surface area contributed by atoms with E-state index in [1.807, 2.05) is 0 Å². The molecule has 84 valence electrons. The van der Waals surface area contributed by atoms with Crippen molar-refractivity contribution >= 4 is 55.2 Å². The molecule has 0 bridgehead atoms. The smallest absolute Gasteiger partial charge is 0.223 e. The average Bonchev–Trinajstić information content (AvgIpc) is 2.82. The third-order valence-electron chi connectivity index (χ3n) is 2.29. The molecule has 5 nitrogen and oxygen atoms in total. The Morgan fingerprint density at radius 2 is 2.19 bits per heavy atom. The minimum absolute atomic E-state index is 0.284. The van der Waals surface area contributed by atoms with Crippen molar-refractivity contribution in [2.24, 2.45) is 0 Å². The Bertz CT molecular complexity index is 584. The van der Waals surface area contributed by atoms with Gasteiger partial charge in [-0.3, -0.25) is 0 Å². The summed E-state index contributed by atoms with van der Waals surface area (Å²) in [7, 11) is 3.23. The summed E-state index contributed by atoms with van der Waals surface area (Å²) in [4.78, 5) is 2.09. The van der Waals surface area contributed by atoms with E-state index < -0.39 is 0 Å². The van der Waals surface area contributed by atoms with Gasteiger partial charge in [-0.15, -0.1) is 0 Å². The van der Waals surface area contributed by atoms with Gasteiger partial charge < -0.3 is 10.2 Å². The largest absolute Gasteiger partial charge is 0.330 e. The van der Waals surface area contributed by atoms with Crippen molar-refractivity contribution in [1.29, 1.82) is 0 Å². The maximum atomic E-state index is 5.28. The molecule has 3 heterocycles. The summed E-state index contributed by atoms with van der Waals surface area (Å²) in [5.41, 5.74) is 0.946. The van der Waals surface area contributed by atoms with Gasteiger partial charge in [-0.1, -0.05) is 32.9 Å². The van der Waals surface area contributed by atoms with Gasteiger partial charge in [0.25, 0.3) is 0 Å². The van der Waals surface area contributed by atoms with Crippen LogP contribution in [0.25, 0.3) is 0 Å². The van der Waals surface area contributed by atoms with Gasteiger partial charge in [0.05, 0.1) is 0 Å². The van der Waals surface area contributed by atoms with Crippen LogP contribution in [0.3, 0.4) is 0 Å². The van der Waals surface area contributed by atoms with Crippen molar-refractivity contribution in [3.63, 3.8) is 0 Å². The van der Waals surface area contributed by atoms with E-state index in [0.717, 1.165) is 20.3 Å². The average molecular weight is 272 g/mol. The highest BCUT2D eigenvalue weighted by molar-refractivity contribution is 7.80. The zero-order valence-electron chi connectivity index (χ0n) is 8.55. The SMILES string of the molecule is CC(C)N1c2nonc2Nc2c1ssc2=S. The van der Waals surface area contributed by atoms with Gasteiger partial charge in [-0.25, -0.2) is 4.63 Å². The lowest BCUT2D eigenvalue weighted by Gasteiger charge is -2.28. The fourth-order valence-corrected chi connectivity index (χ4v) is 4.42. The van der Waals surface area contributed by atoms with Crippen molar-refractivity contribution in [3.8, 4) is 0 Å². The fourth-order valence-electron chi connectivity index (χ4n) is 1.63. The van der Waals surface area contributed by atoms with E-state index in [-0.39, 0.29) is 6.04 Å².